The molecule has 0 radical (unpaired) electrons. The molecule has 0 aromatic carbocycles. The van der Waals surface area contributed by atoms with Gasteiger partial charge in [-0.15, -0.1) is 0 Å². The smallest absolute Gasteiger partial charge is 0.255 e. The molecule has 0 aliphatic rings. The van der Waals surface area contributed by atoms with Crippen LogP contribution < -0.4 is 0 Å². The van der Waals surface area contributed by atoms with Gasteiger partial charge in [-0.05, 0) is 35.4 Å². The van der Waals surface area contributed by atoms with Crippen LogP contribution in [-0.2, 0) is 0 Å². The van der Waals surface area contributed by atoms with Gasteiger partial charge in [-0.1, -0.05) is 20.3 Å². The zero-order chi connectivity index (χ0) is 9.56. The predicted octanol–water partition coefficient (Wildman–Crippen LogP) is 3.51. The highest BCUT2D eigenvalue weighted by molar-refractivity contribution is 14.1. The van der Waals surface area contributed by atoms with E-state index in [0.29, 0.717) is 12.1 Å². The van der Waals surface area contributed by atoms with Gasteiger partial charge in [0.05, 0.1) is 8.50 Å². The molecule has 0 aromatic heterocycles. The first-order chi connectivity index (χ1) is 5.63. The van der Waals surface area contributed by atoms with Gasteiger partial charge in [-0.25, -0.2) is 0 Å². The fraction of sp³-hybridized carbons (Fsp3) is 0.750. The van der Waals surface area contributed by atoms with Crippen molar-refractivity contribution in [3.8, 4) is 0 Å². The van der Waals surface area contributed by atoms with Gasteiger partial charge in [0, 0.05) is 6.42 Å². The van der Waals surface area contributed by atoms with E-state index in [9.17, 15) is 10.1 Å². The molecule has 0 unspecified atom stereocenters. The fourth-order valence-corrected chi connectivity index (χ4v) is 1.93. The van der Waals surface area contributed by atoms with Crippen molar-refractivity contribution in [1.29, 1.82) is 0 Å². The molecule has 0 bridgehead atoms. The molecule has 0 aromatic rings. The van der Waals surface area contributed by atoms with Crippen LogP contribution >= 0.6 is 22.6 Å². The Morgan fingerprint density at radius 2 is 1.83 bits per heavy atom. The second-order valence-electron chi connectivity index (χ2n) is 2.61. The molecule has 70 valence electrons. The summed E-state index contributed by atoms with van der Waals surface area (Å²) in [6, 6.07) is 0. The van der Waals surface area contributed by atoms with Gasteiger partial charge in [0.25, 0.3) is 5.70 Å². The van der Waals surface area contributed by atoms with Crippen molar-refractivity contribution in [2.24, 2.45) is 0 Å². The number of allylic oxidation sites excluding steroid dienone is 2. The molecule has 0 atom stereocenters. The van der Waals surface area contributed by atoms with Crippen LogP contribution in [0.1, 0.15) is 39.5 Å². The standard InChI is InChI=1S/C8H14INO2/c1-3-5-7(9)8(6-4-2)10(11)12/h3-6H2,1-2H3/b8-7+. The first kappa shape index (κ1) is 11.9. The highest BCUT2D eigenvalue weighted by atomic mass is 127. The van der Waals surface area contributed by atoms with Crippen molar-refractivity contribution in [1.82, 2.24) is 0 Å². The van der Waals surface area contributed by atoms with Crippen molar-refractivity contribution in [2.45, 2.75) is 39.5 Å². The van der Waals surface area contributed by atoms with Gasteiger partial charge in [-0.3, -0.25) is 10.1 Å². The van der Waals surface area contributed by atoms with Gasteiger partial charge < -0.3 is 0 Å². The lowest BCUT2D eigenvalue weighted by Gasteiger charge is -1.99. The molecule has 0 rings (SSSR count). The minimum atomic E-state index is -0.249. The van der Waals surface area contributed by atoms with Crippen LogP contribution in [0.25, 0.3) is 0 Å². The summed E-state index contributed by atoms with van der Waals surface area (Å²) in [6.45, 7) is 3.99. The average molecular weight is 283 g/mol. The van der Waals surface area contributed by atoms with Crippen molar-refractivity contribution < 1.29 is 4.92 Å². The summed E-state index contributed by atoms with van der Waals surface area (Å²) in [7, 11) is 0. The first-order valence-corrected chi connectivity index (χ1v) is 5.23. The number of hydrogen-bond donors (Lipinski definition) is 0. The number of halogens is 1. The summed E-state index contributed by atoms with van der Waals surface area (Å²) in [5.41, 5.74) is 0.403. The summed E-state index contributed by atoms with van der Waals surface area (Å²) >= 11 is 2.08. The lowest BCUT2D eigenvalue weighted by atomic mass is 10.2. The number of nitrogens with zero attached hydrogens (tertiary/aromatic N) is 1. The molecule has 4 heteroatoms. The van der Waals surface area contributed by atoms with E-state index in [2.05, 4.69) is 22.6 Å². The minimum absolute atomic E-state index is 0.249. The Bertz CT molecular complexity index is 189. The molecule has 3 nitrogen and oxygen atoms in total. The van der Waals surface area contributed by atoms with Crippen LogP contribution in [0, 0.1) is 10.1 Å². The Morgan fingerprint density at radius 1 is 1.33 bits per heavy atom. The third-order valence-electron chi connectivity index (χ3n) is 1.49. The van der Waals surface area contributed by atoms with Crippen LogP contribution in [0.15, 0.2) is 9.28 Å². The Hall–Kier alpha value is -0.130. The fourth-order valence-electron chi connectivity index (χ4n) is 0.927. The van der Waals surface area contributed by atoms with Gasteiger partial charge in [0.2, 0.25) is 0 Å². The Kier molecular flexibility index (Phi) is 6.32. The van der Waals surface area contributed by atoms with Crippen molar-refractivity contribution in [3.05, 3.63) is 19.4 Å². The quantitative estimate of drug-likeness (QED) is 0.440. The number of nitro groups is 1. The zero-order valence-electron chi connectivity index (χ0n) is 7.47. The SMILES string of the molecule is CCC/C(I)=C(/CCC)[N+](=O)[O-]. The van der Waals surface area contributed by atoms with Crippen LogP contribution in [0.2, 0.25) is 0 Å². The highest BCUT2D eigenvalue weighted by Gasteiger charge is 2.13. The summed E-state index contributed by atoms with van der Waals surface area (Å²) in [6.07, 6.45) is 3.23. The van der Waals surface area contributed by atoms with E-state index in [1.807, 2.05) is 13.8 Å². The largest absolute Gasteiger partial charge is 0.259 e. The topological polar surface area (TPSA) is 43.1 Å². The predicted molar refractivity (Wildman–Crippen MR) is 57.9 cm³/mol. The van der Waals surface area contributed by atoms with E-state index in [1.54, 1.807) is 0 Å². The Labute approximate surface area is 86.5 Å². The third-order valence-corrected chi connectivity index (χ3v) is 2.65. The highest BCUT2D eigenvalue weighted by Crippen LogP contribution is 2.22. The van der Waals surface area contributed by atoms with Gasteiger partial charge in [0.1, 0.15) is 0 Å². The molecule has 0 heterocycles. The molecule has 0 saturated carbocycles. The molecule has 12 heavy (non-hydrogen) atoms. The molecule has 0 N–H and O–H groups in total. The number of hydrogen-bond acceptors (Lipinski definition) is 2. The van der Waals surface area contributed by atoms with E-state index in [0.717, 1.165) is 22.8 Å². The first-order valence-electron chi connectivity index (χ1n) is 4.15. The zero-order valence-corrected chi connectivity index (χ0v) is 9.63. The molecular formula is C8H14INO2. The van der Waals surface area contributed by atoms with Crippen molar-refractivity contribution >= 4 is 22.6 Å². The maximum atomic E-state index is 10.5. The van der Waals surface area contributed by atoms with E-state index < -0.39 is 0 Å². The van der Waals surface area contributed by atoms with Gasteiger partial charge in [0.15, 0.2) is 0 Å². The third kappa shape index (κ3) is 4.04. The van der Waals surface area contributed by atoms with E-state index >= 15 is 0 Å². The van der Waals surface area contributed by atoms with Crippen molar-refractivity contribution in [3.63, 3.8) is 0 Å². The molecule has 0 aliphatic heterocycles. The van der Waals surface area contributed by atoms with E-state index in [1.165, 1.54) is 0 Å². The van der Waals surface area contributed by atoms with Crippen molar-refractivity contribution in [2.75, 3.05) is 0 Å². The van der Waals surface area contributed by atoms with E-state index in [-0.39, 0.29) is 4.92 Å². The maximum Gasteiger partial charge on any atom is 0.255 e. The summed E-state index contributed by atoms with van der Waals surface area (Å²) < 4.78 is 0.905. The summed E-state index contributed by atoms with van der Waals surface area (Å²) in [5, 5.41) is 10.5. The molecule has 0 saturated heterocycles. The lowest BCUT2D eigenvalue weighted by molar-refractivity contribution is -0.428. The Morgan fingerprint density at radius 3 is 2.17 bits per heavy atom. The van der Waals surface area contributed by atoms with E-state index in [4.69, 9.17) is 0 Å². The van der Waals surface area contributed by atoms with Crippen LogP contribution in [-0.4, -0.2) is 4.92 Å². The molecule has 0 aliphatic carbocycles. The second-order valence-corrected chi connectivity index (χ2v) is 3.91. The van der Waals surface area contributed by atoms with Gasteiger partial charge in [-0.2, -0.15) is 0 Å². The van der Waals surface area contributed by atoms with Crippen LogP contribution in [0.5, 0.6) is 0 Å². The Balaban J connectivity index is 4.43. The van der Waals surface area contributed by atoms with Crippen LogP contribution in [0.4, 0.5) is 0 Å². The molecular weight excluding hydrogens is 269 g/mol. The summed E-state index contributed by atoms with van der Waals surface area (Å²) in [5.74, 6) is 0. The summed E-state index contributed by atoms with van der Waals surface area (Å²) in [4.78, 5) is 10.3. The molecule has 0 spiro atoms. The maximum absolute atomic E-state index is 10.5. The molecule has 0 fully saturated rings. The molecule has 0 amide bonds. The van der Waals surface area contributed by atoms with Gasteiger partial charge >= 0.3 is 0 Å². The lowest BCUT2D eigenvalue weighted by Crippen LogP contribution is -2.00. The normalized spacial score (nSPS) is 12.6. The number of rotatable bonds is 5. The monoisotopic (exact) mass is 283 g/mol. The minimum Gasteiger partial charge on any atom is -0.259 e. The second kappa shape index (κ2) is 6.39. The van der Waals surface area contributed by atoms with Crippen LogP contribution in [0.3, 0.4) is 0 Å². The average Bonchev–Trinajstić information content (AvgIpc) is 1.99.